The van der Waals surface area contributed by atoms with Gasteiger partial charge in [0, 0.05) is 18.8 Å². The monoisotopic (exact) mass is 318 g/mol. The Balaban J connectivity index is 2.57. The highest BCUT2D eigenvalue weighted by molar-refractivity contribution is 5.60. The van der Waals surface area contributed by atoms with E-state index in [1.807, 2.05) is 0 Å². The summed E-state index contributed by atoms with van der Waals surface area (Å²) in [4.78, 5) is 0. The second kappa shape index (κ2) is 10.7. The summed E-state index contributed by atoms with van der Waals surface area (Å²) in [6, 6.07) is 6.73. The summed E-state index contributed by atoms with van der Waals surface area (Å²) in [6.07, 6.45) is 3.91. The van der Waals surface area contributed by atoms with Gasteiger partial charge in [-0.1, -0.05) is 72.6 Å². The molecule has 0 aliphatic heterocycles. The molecule has 0 bridgehead atoms. The van der Waals surface area contributed by atoms with E-state index >= 15 is 0 Å². The van der Waals surface area contributed by atoms with E-state index in [2.05, 4.69) is 70.4 Å². The lowest BCUT2D eigenvalue weighted by atomic mass is 9.92. The molecule has 1 aromatic carbocycles. The van der Waals surface area contributed by atoms with Crippen LogP contribution in [0.1, 0.15) is 83.8 Å². The molecule has 1 aromatic rings. The summed E-state index contributed by atoms with van der Waals surface area (Å²) in [5.74, 6) is 1.94. The molecule has 0 amide bonds. The number of anilines is 1. The molecular weight excluding hydrogens is 280 g/mol. The zero-order valence-electron chi connectivity index (χ0n) is 16.2. The number of nitrogens with one attached hydrogen (secondary N) is 2. The second-order valence-electron chi connectivity index (χ2n) is 7.31. The number of rotatable bonds is 11. The van der Waals surface area contributed by atoms with E-state index in [1.54, 1.807) is 0 Å². The van der Waals surface area contributed by atoms with Gasteiger partial charge in [-0.05, 0) is 41.8 Å². The van der Waals surface area contributed by atoms with Crippen molar-refractivity contribution in [3.8, 4) is 0 Å². The van der Waals surface area contributed by atoms with Gasteiger partial charge in [0.25, 0.3) is 0 Å². The van der Waals surface area contributed by atoms with Crippen molar-refractivity contribution in [1.82, 2.24) is 5.32 Å². The fourth-order valence-corrected chi connectivity index (χ4v) is 3.20. The third-order valence-corrected chi connectivity index (χ3v) is 4.68. The third kappa shape index (κ3) is 6.55. The molecule has 0 aliphatic rings. The highest BCUT2D eigenvalue weighted by Gasteiger charge is 2.13. The van der Waals surface area contributed by atoms with Crippen molar-refractivity contribution < 1.29 is 0 Å². The van der Waals surface area contributed by atoms with Gasteiger partial charge in [0.15, 0.2) is 0 Å². The molecule has 2 N–H and O–H groups in total. The van der Waals surface area contributed by atoms with Gasteiger partial charge >= 0.3 is 0 Å². The van der Waals surface area contributed by atoms with Crippen LogP contribution < -0.4 is 10.6 Å². The maximum atomic E-state index is 3.71. The molecule has 0 aromatic heterocycles. The number of hydrogen-bond acceptors (Lipinski definition) is 2. The number of para-hydroxylation sites is 1. The van der Waals surface area contributed by atoms with Gasteiger partial charge in [-0.25, -0.2) is 0 Å². The molecule has 2 nitrogen and oxygen atoms in total. The van der Waals surface area contributed by atoms with E-state index in [-0.39, 0.29) is 0 Å². The van der Waals surface area contributed by atoms with Crippen molar-refractivity contribution in [3.05, 3.63) is 29.3 Å². The van der Waals surface area contributed by atoms with Crippen LogP contribution in [0.2, 0.25) is 0 Å². The molecule has 0 fully saturated rings. The first-order chi connectivity index (χ1) is 11.0. The van der Waals surface area contributed by atoms with Crippen molar-refractivity contribution in [3.63, 3.8) is 0 Å². The zero-order chi connectivity index (χ0) is 17.2. The largest absolute Gasteiger partial charge is 0.383 e. The Labute approximate surface area is 144 Å². The first-order valence-electron chi connectivity index (χ1n) is 9.58. The molecule has 1 unspecified atom stereocenters. The maximum Gasteiger partial charge on any atom is 0.0410 e. The van der Waals surface area contributed by atoms with E-state index < -0.39 is 0 Å². The van der Waals surface area contributed by atoms with Gasteiger partial charge in [0.1, 0.15) is 0 Å². The highest BCUT2D eigenvalue weighted by Crippen LogP contribution is 2.32. The van der Waals surface area contributed by atoms with Crippen LogP contribution in [-0.4, -0.2) is 19.6 Å². The smallest absolute Gasteiger partial charge is 0.0410 e. The summed E-state index contributed by atoms with van der Waals surface area (Å²) in [7, 11) is 0. The Kier molecular flexibility index (Phi) is 9.31. The Morgan fingerprint density at radius 1 is 0.913 bits per heavy atom. The SMILES string of the molecule is CCCC(CC)CNCCNc1c(C(C)C)cccc1C(C)C. The van der Waals surface area contributed by atoms with Crippen molar-refractivity contribution in [2.45, 2.75) is 72.6 Å². The molecule has 2 heteroatoms. The molecule has 1 atom stereocenters. The summed E-state index contributed by atoms with van der Waals surface area (Å²) in [5, 5.41) is 7.33. The van der Waals surface area contributed by atoms with E-state index in [0.717, 1.165) is 25.6 Å². The summed E-state index contributed by atoms with van der Waals surface area (Å²) < 4.78 is 0. The first-order valence-corrected chi connectivity index (χ1v) is 9.58. The van der Waals surface area contributed by atoms with Gasteiger partial charge in [-0.15, -0.1) is 0 Å². The summed E-state index contributed by atoms with van der Waals surface area (Å²) in [6.45, 7) is 16.9. The molecule has 0 saturated heterocycles. The molecule has 132 valence electrons. The number of hydrogen-bond donors (Lipinski definition) is 2. The van der Waals surface area contributed by atoms with Crippen LogP contribution in [0.5, 0.6) is 0 Å². The Bertz CT molecular complexity index is 411. The van der Waals surface area contributed by atoms with Gasteiger partial charge in [-0.2, -0.15) is 0 Å². The van der Waals surface area contributed by atoms with Crippen LogP contribution in [-0.2, 0) is 0 Å². The van der Waals surface area contributed by atoms with E-state index in [1.165, 1.54) is 36.1 Å². The normalized spacial score (nSPS) is 12.9. The molecule has 0 radical (unpaired) electrons. The Morgan fingerprint density at radius 2 is 1.52 bits per heavy atom. The van der Waals surface area contributed by atoms with Crippen LogP contribution in [0.4, 0.5) is 5.69 Å². The molecule has 0 saturated carbocycles. The zero-order valence-corrected chi connectivity index (χ0v) is 16.2. The topological polar surface area (TPSA) is 24.1 Å². The number of benzene rings is 1. The summed E-state index contributed by atoms with van der Waals surface area (Å²) in [5.41, 5.74) is 4.24. The van der Waals surface area contributed by atoms with Gasteiger partial charge < -0.3 is 10.6 Å². The van der Waals surface area contributed by atoms with Crippen LogP contribution in [0, 0.1) is 5.92 Å². The van der Waals surface area contributed by atoms with Crippen LogP contribution in [0.3, 0.4) is 0 Å². The average Bonchev–Trinajstić information content (AvgIpc) is 2.52. The van der Waals surface area contributed by atoms with Crippen LogP contribution >= 0.6 is 0 Å². The minimum Gasteiger partial charge on any atom is -0.383 e. The first kappa shape index (κ1) is 20.0. The lowest BCUT2D eigenvalue weighted by Crippen LogP contribution is -2.28. The van der Waals surface area contributed by atoms with Crippen LogP contribution in [0.15, 0.2) is 18.2 Å². The predicted molar refractivity (Wildman–Crippen MR) is 105 cm³/mol. The van der Waals surface area contributed by atoms with E-state index in [4.69, 9.17) is 0 Å². The van der Waals surface area contributed by atoms with Crippen molar-refractivity contribution >= 4 is 5.69 Å². The van der Waals surface area contributed by atoms with Gasteiger partial charge in [-0.3, -0.25) is 0 Å². The quantitative estimate of drug-likeness (QED) is 0.507. The Hall–Kier alpha value is -1.02. The van der Waals surface area contributed by atoms with Crippen molar-refractivity contribution in [2.24, 2.45) is 5.92 Å². The maximum absolute atomic E-state index is 3.71. The fraction of sp³-hybridized carbons (Fsp3) is 0.714. The minimum atomic E-state index is 0.554. The molecule has 0 spiro atoms. The third-order valence-electron chi connectivity index (χ3n) is 4.68. The molecule has 23 heavy (non-hydrogen) atoms. The fourth-order valence-electron chi connectivity index (χ4n) is 3.20. The highest BCUT2D eigenvalue weighted by atomic mass is 14.9. The molecule has 0 heterocycles. The van der Waals surface area contributed by atoms with Gasteiger partial charge in [0.2, 0.25) is 0 Å². The Morgan fingerprint density at radius 3 is 2.00 bits per heavy atom. The van der Waals surface area contributed by atoms with Gasteiger partial charge in [0.05, 0.1) is 0 Å². The lowest BCUT2D eigenvalue weighted by Gasteiger charge is -2.21. The second-order valence-corrected chi connectivity index (χ2v) is 7.31. The van der Waals surface area contributed by atoms with E-state index in [0.29, 0.717) is 11.8 Å². The molecule has 0 aliphatic carbocycles. The predicted octanol–water partition coefficient (Wildman–Crippen LogP) is 5.76. The molecular formula is C21H38N2. The summed E-state index contributed by atoms with van der Waals surface area (Å²) >= 11 is 0. The average molecular weight is 319 g/mol. The standard InChI is InChI=1S/C21H38N2/c1-7-10-18(8-2)15-22-13-14-23-21-19(16(3)4)11-9-12-20(21)17(5)6/h9,11-12,16-18,22-23H,7-8,10,13-15H2,1-6H3. The van der Waals surface area contributed by atoms with E-state index in [9.17, 15) is 0 Å². The lowest BCUT2D eigenvalue weighted by molar-refractivity contribution is 0.433. The van der Waals surface area contributed by atoms with Crippen molar-refractivity contribution in [2.75, 3.05) is 25.0 Å². The minimum absolute atomic E-state index is 0.554. The van der Waals surface area contributed by atoms with Crippen LogP contribution in [0.25, 0.3) is 0 Å². The molecule has 1 rings (SSSR count). The van der Waals surface area contributed by atoms with Crippen molar-refractivity contribution in [1.29, 1.82) is 0 Å².